The first-order chi connectivity index (χ1) is 6.85. The van der Waals surface area contributed by atoms with Crippen LogP contribution in [0, 0.1) is 5.92 Å². The smallest absolute Gasteiger partial charge is 0.340 e. The van der Waals surface area contributed by atoms with Crippen LogP contribution in [0.3, 0.4) is 0 Å². The molecule has 0 aromatic heterocycles. The van der Waals surface area contributed by atoms with Crippen molar-refractivity contribution in [2.45, 2.75) is 39.9 Å². The Morgan fingerprint density at radius 2 is 2.07 bits per heavy atom. The monoisotopic (exact) mass is 210 g/mol. The van der Waals surface area contributed by atoms with Crippen molar-refractivity contribution in [2.75, 3.05) is 0 Å². The number of carbonyl (C=O) groups excluding carboxylic acids is 1. The molecule has 1 aliphatic heterocycles. The van der Waals surface area contributed by atoms with Crippen LogP contribution < -0.4 is 0 Å². The normalized spacial score (nSPS) is 21.7. The largest absolute Gasteiger partial charge is 0.457 e. The van der Waals surface area contributed by atoms with E-state index in [0.29, 0.717) is 17.8 Å². The highest BCUT2D eigenvalue weighted by Gasteiger charge is 2.33. The Morgan fingerprint density at radius 1 is 1.47 bits per heavy atom. The first-order valence-electron chi connectivity index (χ1n) is 5.10. The first kappa shape index (κ1) is 11.8. The molecule has 0 aliphatic carbocycles. The van der Waals surface area contributed by atoms with Gasteiger partial charge in [0.15, 0.2) is 0 Å². The molecule has 0 saturated carbocycles. The molecule has 3 nitrogen and oxygen atoms in total. The van der Waals surface area contributed by atoms with Crippen LogP contribution in [0.25, 0.3) is 0 Å². The van der Waals surface area contributed by atoms with Crippen molar-refractivity contribution in [3.8, 4) is 0 Å². The number of hydrogen-bond acceptors (Lipinski definition) is 3. The maximum absolute atomic E-state index is 11.5. The van der Waals surface area contributed by atoms with E-state index < -0.39 is 5.79 Å². The van der Waals surface area contributed by atoms with E-state index in [4.69, 9.17) is 9.47 Å². The van der Waals surface area contributed by atoms with Crippen molar-refractivity contribution in [1.82, 2.24) is 0 Å². The lowest BCUT2D eigenvalue weighted by atomic mass is 10.0. The molecule has 0 aromatic carbocycles. The Balaban J connectivity index is 2.88. The molecule has 0 aromatic rings. The number of carbonyl (C=O) groups is 1. The number of cyclic esters (lactones) is 1. The molecule has 0 radical (unpaired) electrons. The average Bonchev–Trinajstić information content (AvgIpc) is 2.12. The zero-order valence-electron chi connectivity index (χ0n) is 9.79. The number of hydrogen-bond donors (Lipinski definition) is 0. The molecule has 1 aliphatic rings. The van der Waals surface area contributed by atoms with E-state index in [1.54, 1.807) is 20.8 Å². The molecule has 1 heterocycles. The van der Waals surface area contributed by atoms with Crippen molar-refractivity contribution in [3.63, 3.8) is 0 Å². The highest BCUT2D eigenvalue weighted by Crippen LogP contribution is 2.30. The summed E-state index contributed by atoms with van der Waals surface area (Å²) in [4.78, 5) is 11.5. The van der Waals surface area contributed by atoms with E-state index in [1.165, 1.54) is 0 Å². The fourth-order valence-corrected chi connectivity index (χ4v) is 1.38. The van der Waals surface area contributed by atoms with Crippen molar-refractivity contribution < 1.29 is 14.3 Å². The second kappa shape index (κ2) is 4.09. The van der Waals surface area contributed by atoms with E-state index >= 15 is 0 Å². The summed E-state index contributed by atoms with van der Waals surface area (Å²) in [5, 5.41) is 0. The van der Waals surface area contributed by atoms with Gasteiger partial charge in [0, 0.05) is 20.3 Å². The zero-order chi connectivity index (χ0) is 11.6. The Kier molecular flexibility index (Phi) is 3.22. The van der Waals surface area contributed by atoms with Crippen LogP contribution in [0.1, 0.15) is 34.1 Å². The van der Waals surface area contributed by atoms with Gasteiger partial charge in [-0.25, -0.2) is 4.79 Å². The summed E-state index contributed by atoms with van der Waals surface area (Å²) in [5.41, 5.74) is 0.558. The second-order valence-corrected chi connectivity index (χ2v) is 4.36. The maximum Gasteiger partial charge on any atom is 0.340 e. The molecule has 84 valence electrons. The highest BCUT2D eigenvalue weighted by atomic mass is 16.7. The van der Waals surface area contributed by atoms with E-state index in [9.17, 15) is 4.79 Å². The Hall–Kier alpha value is -1.25. The molecule has 0 N–H and O–H groups in total. The zero-order valence-corrected chi connectivity index (χ0v) is 9.79. The lowest BCUT2D eigenvalue weighted by molar-refractivity contribution is -0.208. The standard InChI is InChI=1S/C12H18O3/c1-6-8(2)7-10-9(3)11(13)15-12(4,5)14-10/h6,8H,1,7H2,2-5H3/t8-/m1/s1. The minimum Gasteiger partial charge on any atom is -0.457 e. The van der Waals surface area contributed by atoms with Crippen molar-refractivity contribution in [2.24, 2.45) is 5.92 Å². The van der Waals surface area contributed by atoms with Crippen LogP contribution in [0.2, 0.25) is 0 Å². The van der Waals surface area contributed by atoms with Crippen molar-refractivity contribution in [1.29, 1.82) is 0 Å². The van der Waals surface area contributed by atoms with Crippen LogP contribution in [0.5, 0.6) is 0 Å². The number of ether oxygens (including phenoxy) is 2. The minimum absolute atomic E-state index is 0.289. The Morgan fingerprint density at radius 3 is 2.60 bits per heavy atom. The van der Waals surface area contributed by atoms with Crippen LogP contribution in [0.4, 0.5) is 0 Å². The lowest BCUT2D eigenvalue weighted by Gasteiger charge is -2.33. The third kappa shape index (κ3) is 2.85. The molecule has 0 spiro atoms. The summed E-state index contributed by atoms with van der Waals surface area (Å²) in [5.74, 6) is -0.148. The topological polar surface area (TPSA) is 35.5 Å². The molecular weight excluding hydrogens is 192 g/mol. The third-order valence-corrected chi connectivity index (χ3v) is 2.34. The molecule has 0 fully saturated rings. The molecule has 3 heteroatoms. The van der Waals surface area contributed by atoms with Gasteiger partial charge in [0.25, 0.3) is 0 Å². The summed E-state index contributed by atoms with van der Waals surface area (Å²) in [6.45, 7) is 10.9. The van der Waals surface area contributed by atoms with Gasteiger partial charge in [-0.15, -0.1) is 6.58 Å². The van der Waals surface area contributed by atoms with Crippen LogP contribution in [-0.2, 0) is 14.3 Å². The first-order valence-corrected chi connectivity index (χ1v) is 5.10. The summed E-state index contributed by atoms with van der Waals surface area (Å²) < 4.78 is 10.7. The average molecular weight is 210 g/mol. The predicted octanol–water partition coefficient (Wildman–Crippen LogP) is 2.78. The van der Waals surface area contributed by atoms with E-state index in [0.717, 1.165) is 0 Å². The summed E-state index contributed by atoms with van der Waals surface area (Å²) >= 11 is 0. The summed E-state index contributed by atoms with van der Waals surface area (Å²) in [7, 11) is 0. The molecular formula is C12H18O3. The van der Waals surface area contributed by atoms with Crippen molar-refractivity contribution in [3.05, 3.63) is 24.0 Å². The van der Waals surface area contributed by atoms with Gasteiger partial charge >= 0.3 is 5.97 Å². The van der Waals surface area contributed by atoms with E-state index in [1.807, 2.05) is 13.0 Å². The van der Waals surface area contributed by atoms with E-state index in [2.05, 4.69) is 6.58 Å². The molecule has 0 saturated heterocycles. The Labute approximate surface area is 90.8 Å². The Bertz CT molecular complexity index is 313. The van der Waals surface area contributed by atoms with Gasteiger partial charge in [-0.05, 0) is 12.8 Å². The molecule has 0 unspecified atom stereocenters. The fourth-order valence-electron chi connectivity index (χ4n) is 1.38. The van der Waals surface area contributed by atoms with Gasteiger partial charge in [0.05, 0.1) is 5.57 Å². The van der Waals surface area contributed by atoms with Crippen molar-refractivity contribution >= 4 is 5.97 Å². The number of esters is 1. The SMILES string of the molecule is C=C[C@@H](C)CC1=C(C)C(=O)OC(C)(C)O1. The molecule has 1 rings (SSSR count). The summed E-state index contributed by atoms with van der Waals surface area (Å²) in [6.07, 6.45) is 2.53. The minimum atomic E-state index is -0.854. The maximum atomic E-state index is 11.5. The molecule has 1 atom stereocenters. The van der Waals surface area contributed by atoms with Gasteiger partial charge in [-0.1, -0.05) is 13.0 Å². The van der Waals surface area contributed by atoms with Gasteiger partial charge in [0.1, 0.15) is 5.76 Å². The van der Waals surface area contributed by atoms with Gasteiger partial charge in [0.2, 0.25) is 5.79 Å². The van der Waals surface area contributed by atoms with Crippen LogP contribution >= 0.6 is 0 Å². The fraction of sp³-hybridized carbons (Fsp3) is 0.583. The van der Waals surface area contributed by atoms with E-state index in [-0.39, 0.29) is 11.9 Å². The second-order valence-electron chi connectivity index (χ2n) is 4.36. The number of rotatable bonds is 3. The quantitative estimate of drug-likeness (QED) is 0.530. The lowest BCUT2D eigenvalue weighted by Crippen LogP contribution is -2.36. The van der Waals surface area contributed by atoms with Crippen LogP contribution in [0.15, 0.2) is 24.0 Å². The van der Waals surface area contributed by atoms with Gasteiger partial charge < -0.3 is 9.47 Å². The number of allylic oxidation sites excluding steroid dienone is 2. The predicted molar refractivity (Wildman–Crippen MR) is 57.9 cm³/mol. The highest BCUT2D eigenvalue weighted by molar-refractivity contribution is 5.89. The van der Waals surface area contributed by atoms with Gasteiger partial charge in [-0.2, -0.15) is 0 Å². The summed E-state index contributed by atoms with van der Waals surface area (Å²) in [6, 6.07) is 0. The molecule has 15 heavy (non-hydrogen) atoms. The molecule has 0 bridgehead atoms. The third-order valence-electron chi connectivity index (χ3n) is 2.34. The molecule has 0 amide bonds. The van der Waals surface area contributed by atoms with Gasteiger partial charge in [-0.3, -0.25) is 0 Å². The van der Waals surface area contributed by atoms with Crippen LogP contribution in [-0.4, -0.2) is 11.8 Å².